The maximum atomic E-state index is 11.6. The van der Waals surface area contributed by atoms with Crippen molar-refractivity contribution in [1.29, 1.82) is 0 Å². The van der Waals surface area contributed by atoms with Crippen molar-refractivity contribution in [3.05, 3.63) is 33.3 Å². The normalized spacial score (nSPS) is 11.0. The van der Waals surface area contributed by atoms with Crippen molar-refractivity contribution in [2.24, 2.45) is 5.73 Å². The predicted octanol–water partition coefficient (Wildman–Crippen LogP) is 0.0118. The second-order valence-electron chi connectivity index (χ2n) is 3.10. The molecule has 98 valence electrons. The van der Waals surface area contributed by atoms with Gasteiger partial charge in [0.2, 0.25) is 5.91 Å². The largest absolute Gasteiger partial charge is 0.322 e. The van der Waals surface area contributed by atoms with Gasteiger partial charge in [-0.15, -0.1) is 0 Å². The van der Waals surface area contributed by atoms with E-state index in [2.05, 4.69) is 0 Å². The first-order chi connectivity index (χ1) is 8.27. The molecule has 1 amide bonds. The SMILES string of the molecule is NCC(=O)NS(=O)(=O)c1ccc(Cl)c([N+](=O)[O-])c1. The van der Waals surface area contributed by atoms with Gasteiger partial charge in [0, 0.05) is 6.07 Å². The standard InChI is InChI=1S/C8H8ClN3O5S/c9-6-2-1-5(3-7(6)12(14)15)18(16,17)11-8(13)4-10/h1-3H,4,10H2,(H,11,13). The van der Waals surface area contributed by atoms with E-state index in [1.807, 2.05) is 0 Å². The van der Waals surface area contributed by atoms with Crippen LogP contribution in [0.4, 0.5) is 5.69 Å². The Morgan fingerprint density at radius 1 is 1.50 bits per heavy atom. The van der Waals surface area contributed by atoms with E-state index in [0.29, 0.717) is 0 Å². The second kappa shape index (κ2) is 5.29. The summed E-state index contributed by atoms with van der Waals surface area (Å²) in [6.07, 6.45) is 0. The summed E-state index contributed by atoms with van der Waals surface area (Å²) in [5, 5.41) is 10.4. The third-order valence-electron chi connectivity index (χ3n) is 1.86. The Hall–Kier alpha value is -1.71. The number of benzene rings is 1. The smallest absolute Gasteiger partial charge is 0.289 e. The highest BCUT2D eigenvalue weighted by molar-refractivity contribution is 7.90. The summed E-state index contributed by atoms with van der Waals surface area (Å²) < 4.78 is 24.9. The number of hydrogen-bond donors (Lipinski definition) is 2. The van der Waals surface area contributed by atoms with Gasteiger partial charge >= 0.3 is 0 Å². The van der Waals surface area contributed by atoms with Crippen molar-refractivity contribution < 1.29 is 18.1 Å². The summed E-state index contributed by atoms with van der Waals surface area (Å²) in [4.78, 5) is 20.2. The number of carbonyl (C=O) groups excluding carboxylic acids is 1. The maximum absolute atomic E-state index is 11.6. The van der Waals surface area contributed by atoms with Crippen LogP contribution in [0.3, 0.4) is 0 Å². The number of amides is 1. The van der Waals surface area contributed by atoms with Gasteiger partial charge in [-0.25, -0.2) is 13.1 Å². The first-order valence-electron chi connectivity index (χ1n) is 4.47. The number of nitro benzene ring substituents is 1. The van der Waals surface area contributed by atoms with Gasteiger partial charge in [0.15, 0.2) is 0 Å². The van der Waals surface area contributed by atoms with Gasteiger partial charge in [-0.05, 0) is 12.1 Å². The van der Waals surface area contributed by atoms with E-state index >= 15 is 0 Å². The van der Waals surface area contributed by atoms with Crippen molar-refractivity contribution in [1.82, 2.24) is 4.72 Å². The van der Waals surface area contributed by atoms with E-state index in [9.17, 15) is 23.3 Å². The highest BCUT2D eigenvalue weighted by Crippen LogP contribution is 2.26. The molecule has 1 aromatic carbocycles. The Kier molecular flexibility index (Phi) is 4.22. The lowest BCUT2D eigenvalue weighted by Crippen LogP contribution is -2.35. The quantitative estimate of drug-likeness (QED) is 0.593. The molecule has 0 radical (unpaired) electrons. The Morgan fingerprint density at radius 2 is 2.11 bits per heavy atom. The first-order valence-corrected chi connectivity index (χ1v) is 6.33. The van der Waals surface area contributed by atoms with Gasteiger partial charge in [-0.2, -0.15) is 0 Å². The molecule has 0 fully saturated rings. The van der Waals surface area contributed by atoms with Crippen molar-refractivity contribution >= 4 is 33.2 Å². The number of rotatable bonds is 4. The molecule has 0 saturated carbocycles. The second-order valence-corrected chi connectivity index (χ2v) is 5.19. The van der Waals surface area contributed by atoms with Crippen molar-refractivity contribution in [3.8, 4) is 0 Å². The van der Waals surface area contributed by atoms with Gasteiger partial charge < -0.3 is 5.73 Å². The van der Waals surface area contributed by atoms with Gasteiger partial charge in [-0.3, -0.25) is 14.9 Å². The van der Waals surface area contributed by atoms with Crippen LogP contribution in [0.25, 0.3) is 0 Å². The molecule has 0 spiro atoms. The molecule has 0 heterocycles. The van der Waals surface area contributed by atoms with Crippen LogP contribution in [0.2, 0.25) is 5.02 Å². The van der Waals surface area contributed by atoms with Crippen molar-refractivity contribution in [3.63, 3.8) is 0 Å². The number of sulfonamides is 1. The third kappa shape index (κ3) is 3.15. The number of nitrogens with zero attached hydrogens (tertiary/aromatic N) is 1. The van der Waals surface area contributed by atoms with Gasteiger partial charge in [0.25, 0.3) is 15.7 Å². The number of halogens is 1. The summed E-state index contributed by atoms with van der Waals surface area (Å²) >= 11 is 5.53. The molecule has 0 aromatic heterocycles. The average molecular weight is 294 g/mol. The van der Waals surface area contributed by atoms with Crippen LogP contribution in [-0.4, -0.2) is 25.8 Å². The molecule has 3 N–H and O–H groups in total. The fraction of sp³-hybridized carbons (Fsp3) is 0.125. The van der Waals surface area contributed by atoms with Crippen molar-refractivity contribution in [2.45, 2.75) is 4.90 Å². The monoisotopic (exact) mass is 293 g/mol. The molecule has 0 unspecified atom stereocenters. The van der Waals surface area contributed by atoms with Gasteiger partial charge in [0.05, 0.1) is 16.4 Å². The molecule has 8 nitrogen and oxygen atoms in total. The Morgan fingerprint density at radius 3 is 2.61 bits per heavy atom. The highest BCUT2D eigenvalue weighted by atomic mass is 35.5. The number of hydrogen-bond acceptors (Lipinski definition) is 6. The van der Waals surface area contributed by atoms with E-state index < -0.39 is 38.0 Å². The molecule has 18 heavy (non-hydrogen) atoms. The van der Waals surface area contributed by atoms with Crippen LogP contribution < -0.4 is 10.5 Å². The van der Waals surface area contributed by atoms with Crippen LogP contribution >= 0.6 is 11.6 Å². The summed E-state index contributed by atoms with van der Waals surface area (Å²) in [5.41, 5.74) is 4.38. The average Bonchev–Trinajstić information content (AvgIpc) is 2.28. The Labute approximate surface area is 107 Å². The fourth-order valence-corrected chi connectivity index (χ4v) is 2.25. The predicted molar refractivity (Wildman–Crippen MR) is 62.5 cm³/mol. The number of nitro groups is 1. The minimum Gasteiger partial charge on any atom is -0.322 e. The van der Waals surface area contributed by atoms with Gasteiger partial charge in [0.1, 0.15) is 5.02 Å². The zero-order valence-electron chi connectivity index (χ0n) is 8.79. The molecular formula is C8H8ClN3O5S. The van der Waals surface area contributed by atoms with Crippen LogP contribution in [0.1, 0.15) is 0 Å². The van der Waals surface area contributed by atoms with E-state index in [4.69, 9.17) is 17.3 Å². The number of carbonyl (C=O) groups is 1. The molecule has 1 aromatic rings. The topological polar surface area (TPSA) is 132 Å². The molecule has 0 aliphatic carbocycles. The Balaban J connectivity index is 3.22. The summed E-state index contributed by atoms with van der Waals surface area (Å²) in [7, 11) is -4.19. The lowest BCUT2D eigenvalue weighted by molar-refractivity contribution is -0.384. The molecular weight excluding hydrogens is 286 g/mol. The molecule has 0 atom stereocenters. The lowest BCUT2D eigenvalue weighted by atomic mass is 10.3. The maximum Gasteiger partial charge on any atom is 0.289 e. The van der Waals surface area contributed by atoms with Crippen LogP contribution in [-0.2, 0) is 14.8 Å². The zero-order chi connectivity index (χ0) is 13.9. The van der Waals surface area contributed by atoms with E-state index in [0.717, 1.165) is 18.2 Å². The number of nitrogens with one attached hydrogen (secondary N) is 1. The number of nitrogens with two attached hydrogens (primary N) is 1. The Bertz CT molecular complexity index is 601. The molecule has 1 rings (SSSR count). The molecule has 0 aliphatic heterocycles. The molecule has 0 bridgehead atoms. The van der Waals surface area contributed by atoms with Crippen LogP contribution in [0.15, 0.2) is 23.1 Å². The summed E-state index contributed by atoms with van der Waals surface area (Å²) in [6, 6.07) is 2.86. The summed E-state index contributed by atoms with van der Waals surface area (Å²) in [6.45, 7) is -0.519. The molecule has 10 heteroatoms. The van der Waals surface area contributed by atoms with E-state index in [1.54, 1.807) is 4.72 Å². The third-order valence-corrected chi connectivity index (χ3v) is 3.55. The highest BCUT2D eigenvalue weighted by Gasteiger charge is 2.21. The molecule has 0 saturated heterocycles. The van der Waals surface area contributed by atoms with Crippen molar-refractivity contribution in [2.75, 3.05) is 6.54 Å². The van der Waals surface area contributed by atoms with Gasteiger partial charge in [-0.1, -0.05) is 11.6 Å². The first kappa shape index (κ1) is 14.4. The zero-order valence-corrected chi connectivity index (χ0v) is 10.4. The fourth-order valence-electron chi connectivity index (χ4n) is 1.05. The lowest BCUT2D eigenvalue weighted by Gasteiger charge is -2.05. The van der Waals surface area contributed by atoms with Crippen LogP contribution in [0, 0.1) is 10.1 Å². The van der Waals surface area contributed by atoms with E-state index in [1.165, 1.54) is 0 Å². The van der Waals surface area contributed by atoms with E-state index in [-0.39, 0.29) is 5.02 Å². The minimum absolute atomic E-state index is 0.205. The summed E-state index contributed by atoms with van der Waals surface area (Å²) in [5.74, 6) is -0.924. The van der Waals surface area contributed by atoms with Crippen LogP contribution in [0.5, 0.6) is 0 Å². The minimum atomic E-state index is -4.19. The molecule has 0 aliphatic rings.